The van der Waals surface area contributed by atoms with Crippen molar-refractivity contribution in [3.8, 4) is 22.6 Å². The van der Waals surface area contributed by atoms with Crippen molar-refractivity contribution in [1.29, 1.82) is 0 Å². The fourth-order valence-corrected chi connectivity index (χ4v) is 4.71. The van der Waals surface area contributed by atoms with Gasteiger partial charge >= 0.3 is 0 Å². The van der Waals surface area contributed by atoms with Gasteiger partial charge in [0.05, 0.1) is 28.6 Å². The van der Waals surface area contributed by atoms with Gasteiger partial charge in [-0.25, -0.2) is 4.98 Å². The highest BCUT2D eigenvalue weighted by Gasteiger charge is 2.15. The fraction of sp³-hybridized carbons (Fsp3) is 0.280. The molecule has 5 aromatic heterocycles. The third-order valence-corrected chi connectivity index (χ3v) is 6.41. The molecule has 0 aromatic carbocycles. The van der Waals surface area contributed by atoms with Gasteiger partial charge in [-0.3, -0.25) is 15.1 Å². The Hall–Kier alpha value is -3.58. The maximum atomic E-state index is 4.95. The maximum Gasteiger partial charge on any atom is 0.135 e. The molecule has 1 aliphatic rings. The van der Waals surface area contributed by atoms with E-state index in [-0.39, 0.29) is 0 Å². The number of hydrogen-bond acceptors (Lipinski definition) is 5. The normalized spacial score (nSPS) is 14.6. The fourth-order valence-electron chi connectivity index (χ4n) is 4.71. The van der Waals surface area contributed by atoms with E-state index >= 15 is 0 Å². The molecule has 0 amide bonds. The minimum absolute atomic E-state index is 0.806. The summed E-state index contributed by atoms with van der Waals surface area (Å²) < 4.78 is 0. The molecule has 0 bridgehead atoms. The third-order valence-electron chi connectivity index (χ3n) is 6.41. The average Bonchev–Trinajstić information content (AvgIpc) is 3.58. The van der Waals surface area contributed by atoms with Crippen molar-refractivity contribution < 1.29 is 0 Å². The van der Waals surface area contributed by atoms with Gasteiger partial charge in [0.2, 0.25) is 0 Å². The Kier molecular flexibility index (Phi) is 4.88. The van der Waals surface area contributed by atoms with Crippen molar-refractivity contribution in [3.63, 3.8) is 0 Å². The van der Waals surface area contributed by atoms with Gasteiger partial charge in [-0.2, -0.15) is 5.10 Å². The highest BCUT2D eigenvalue weighted by molar-refractivity contribution is 5.94. The molecular formula is C25H25N7. The van der Waals surface area contributed by atoms with Crippen LogP contribution in [0.1, 0.15) is 31.2 Å². The van der Waals surface area contributed by atoms with Crippen molar-refractivity contribution in [3.05, 3.63) is 60.7 Å². The van der Waals surface area contributed by atoms with Crippen molar-refractivity contribution in [1.82, 2.24) is 35.5 Å². The molecule has 6 rings (SSSR count). The molecular weight excluding hydrogens is 398 g/mol. The minimum atomic E-state index is 0.806. The van der Waals surface area contributed by atoms with Crippen molar-refractivity contribution in [2.75, 3.05) is 6.54 Å². The van der Waals surface area contributed by atoms with Crippen LogP contribution in [0.2, 0.25) is 0 Å². The number of pyridine rings is 3. The van der Waals surface area contributed by atoms with E-state index in [2.05, 4.69) is 42.6 Å². The van der Waals surface area contributed by atoms with Crippen LogP contribution in [-0.4, -0.2) is 36.7 Å². The largest absolute Gasteiger partial charge is 0.352 e. The Balaban J connectivity index is 1.28. The number of fused-ring (bicyclic) bond motifs is 2. The Morgan fingerprint density at radius 3 is 2.81 bits per heavy atom. The molecule has 0 spiro atoms. The standard InChI is InChI=1S/C25H25N7/c1-2-4-16(3-1)11-27-12-17-9-19(14-28-13-17)20-5-6-21-24(30-20)25(32-31-21)22-10-18-7-8-26-15-23(18)29-22/h5-10,13-16,27,29H,1-4,11-12H2,(H,31,32). The lowest BCUT2D eigenvalue weighted by atomic mass is 10.1. The molecule has 0 radical (unpaired) electrons. The van der Waals surface area contributed by atoms with Gasteiger partial charge in [0.1, 0.15) is 11.2 Å². The summed E-state index contributed by atoms with van der Waals surface area (Å²) in [5.74, 6) is 0.829. The summed E-state index contributed by atoms with van der Waals surface area (Å²) in [7, 11) is 0. The second kappa shape index (κ2) is 8.16. The zero-order valence-electron chi connectivity index (χ0n) is 17.8. The highest BCUT2D eigenvalue weighted by atomic mass is 15.1. The maximum absolute atomic E-state index is 4.95. The number of H-pyrrole nitrogens is 2. The van der Waals surface area contributed by atoms with Gasteiger partial charge in [0, 0.05) is 36.1 Å². The minimum Gasteiger partial charge on any atom is -0.352 e. The first-order chi connectivity index (χ1) is 15.8. The average molecular weight is 424 g/mol. The monoisotopic (exact) mass is 423 g/mol. The van der Waals surface area contributed by atoms with Gasteiger partial charge in [0.15, 0.2) is 0 Å². The summed E-state index contributed by atoms with van der Waals surface area (Å²) in [5.41, 5.74) is 7.54. The van der Waals surface area contributed by atoms with E-state index in [9.17, 15) is 0 Å². The van der Waals surface area contributed by atoms with Crippen molar-refractivity contribution in [2.45, 2.75) is 32.2 Å². The summed E-state index contributed by atoms with van der Waals surface area (Å²) in [6, 6.07) is 10.3. The molecule has 0 saturated heterocycles. The Morgan fingerprint density at radius 2 is 1.91 bits per heavy atom. The SMILES string of the molecule is c1cc2cc(-c3n[nH]c4ccc(-c5cncc(CNCC6CCCC6)c5)nc34)[nH]c2cn1. The van der Waals surface area contributed by atoms with Crippen LogP contribution in [0.15, 0.2) is 55.1 Å². The van der Waals surface area contributed by atoms with E-state index in [1.165, 1.54) is 31.2 Å². The molecule has 1 fully saturated rings. The zero-order valence-corrected chi connectivity index (χ0v) is 17.8. The summed E-state index contributed by atoms with van der Waals surface area (Å²) in [6.45, 7) is 1.92. The van der Waals surface area contributed by atoms with Crippen LogP contribution in [-0.2, 0) is 6.54 Å². The lowest BCUT2D eigenvalue weighted by molar-refractivity contribution is 0.489. The first kappa shape index (κ1) is 19.1. The van der Waals surface area contributed by atoms with E-state index in [0.717, 1.165) is 63.6 Å². The predicted octanol–water partition coefficient (Wildman–Crippen LogP) is 4.84. The molecule has 32 heavy (non-hydrogen) atoms. The van der Waals surface area contributed by atoms with Gasteiger partial charge < -0.3 is 10.3 Å². The smallest absolute Gasteiger partial charge is 0.135 e. The van der Waals surface area contributed by atoms with Gasteiger partial charge in [0.25, 0.3) is 0 Å². The summed E-state index contributed by atoms with van der Waals surface area (Å²) in [4.78, 5) is 17.0. The molecule has 0 unspecified atom stereocenters. The van der Waals surface area contributed by atoms with Crippen molar-refractivity contribution in [2.24, 2.45) is 5.92 Å². The van der Waals surface area contributed by atoms with Crippen molar-refractivity contribution >= 4 is 21.9 Å². The second-order valence-corrected chi connectivity index (χ2v) is 8.67. The Morgan fingerprint density at radius 1 is 0.969 bits per heavy atom. The first-order valence-corrected chi connectivity index (χ1v) is 11.3. The van der Waals surface area contributed by atoms with Crippen LogP contribution in [0.4, 0.5) is 0 Å². The summed E-state index contributed by atoms with van der Waals surface area (Å²) >= 11 is 0. The number of hydrogen-bond donors (Lipinski definition) is 3. The van der Waals surface area contributed by atoms with Crippen LogP contribution in [0.25, 0.3) is 44.6 Å². The van der Waals surface area contributed by atoms with Crippen LogP contribution in [0, 0.1) is 5.92 Å². The number of nitrogens with one attached hydrogen (secondary N) is 3. The molecule has 5 heterocycles. The predicted molar refractivity (Wildman–Crippen MR) is 126 cm³/mol. The molecule has 1 aliphatic carbocycles. The Bertz CT molecular complexity index is 1340. The Labute approximate surface area is 185 Å². The van der Waals surface area contributed by atoms with Gasteiger partial charge in [-0.1, -0.05) is 12.8 Å². The molecule has 7 nitrogen and oxygen atoms in total. The lowest BCUT2D eigenvalue weighted by Crippen LogP contribution is -2.20. The van der Waals surface area contributed by atoms with Crippen LogP contribution in [0.3, 0.4) is 0 Å². The van der Waals surface area contributed by atoms with E-state index in [1.807, 2.05) is 36.8 Å². The summed E-state index contributed by atoms with van der Waals surface area (Å²) in [6.07, 6.45) is 12.9. The second-order valence-electron chi connectivity index (χ2n) is 8.67. The number of aromatic amines is 2. The first-order valence-electron chi connectivity index (χ1n) is 11.3. The van der Waals surface area contributed by atoms with Crippen LogP contribution < -0.4 is 5.32 Å². The molecule has 160 valence electrons. The molecule has 3 N–H and O–H groups in total. The number of nitrogens with zero attached hydrogens (tertiary/aromatic N) is 4. The van der Waals surface area contributed by atoms with E-state index in [0.29, 0.717) is 0 Å². The highest BCUT2D eigenvalue weighted by Crippen LogP contribution is 2.29. The van der Waals surface area contributed by atoms with E-state index < -0.39 is 0 Å². The van der Waals surface area contributed by atoms with Gasteiger partial charge in [-0.05, 0) is 61.2 Å². The number of aromatic nitrogens is 6. The molecule has 5 aromatic rings. The van der Waals surface area contributed by atoms with E-state index in [1.54, 1.807) is 6.20 Å². The quantitative estimate of drug-likeness (QED) is 0.363. The molecule has 7 heteroatoms. The topological polar surface area (TPSA) is 95.2 Å². The molecule has 0 aliphatic heterocycles. The third kappa shape index (κ3) is 3.65. The van der Waals surface area contributed by atoms with Crippen LogP contribution >= 0.6 is 0 Å². The molecule has 1 saturated carbocycles. The number of rotatable bonds is 6. The summed E-state index contributed by atoms with van der Waals surface area (Å²) in [5, 5.41) is 12.3. The lowest BCUT2D eigenvalue weighted by Gasteiger charge is -2.11. The van der Waals surface area contributed by atoms with Gasteiger partial charge in [-0.15, -0.1) is 0 Å². The molecule has 0 atom stereocenters. The van der Waals surface area contributed by atoms with E-state index in [4.69, 9.17) is 4.98 Å². The zero-order chi connectivity index (χ0) is 21.3. The van der Waals surface area contributed by atoms with Crippen LogP contribution in [0.5, 0.6) is 0 Å².